The SMILES string of the molecule is COc1cc(CCCO)cc(CF)c1OC. The number of methoxy groups -OCH3 is 2. The van der Waals surface area contributed by atoms with E-state index in [1.807, 2.05) is 6.07 Å². The summed E-state index contributed by atoms with van der Waals surface area (Å²) in [5.41, 5.74) is 1.43. The van der Waals surface area contributed by atoms with Gasteiger partial charge in [0.05, 0.1) is 14.2 Å². The van der Waals surface area contributed by atoms with Gasteiger partial charge < -0.3 is 14.6 Å². The second-order valence-corrected chi connectivity index (χ2v) is 3.45. The number of aliphatic hydroxyl groups excluding tert-OH is 1. The van der Waals surface area contributed by atoms with E-state index in [1.54, 1.807) is 6.07 Å². The molecule has 0 radical (unpaired) electrons. The number of alkyl halides is 1. The van der Waals surface area contributed by atoms with Gasteiger partial charge in [0.25, 0.3) is 0 Å². The zero-order chi connectivity index (χ0) is 12.0. The van der Waals surface area contributed by atoms with Crippen LogP contribution in [-0.4, -0.2) is 25.9 Å². The Morgan fingerprint density at radius 1 is 1.25 bits per heavy atom. The summed E-state index contributed by atoms with van der Waals surface area (Å²) < 4.78 is 23.1. The van der Waals surface area contributed by atoms with Crippen molar-refractivity contribution in [2.45, 2.75) is 19.5 Å². The standard InChI is InChI=1S/C12H17FO3/c1-15-11-7-9(4-3-5-14)6-10(8-13)12(11)16-2/h6-7,14H,3-5,8H2,1-2H3. The number of rotatable bonds is 6. The average molecular weight is 228 g/mol. The zero-order valence-electron chi connectivity index (χ0n) is 9.62. The summed E-state index contributed by atoms with van der Waals surface area (Å²) in [4.78, 5) is 0. The van der Waals surface area contributed by atoms with Crippen LogP contribution in [0.4, 0.5) is 4.39 Å². The van der Waals surface area contributed by atoms with Crippen LogP contribution < -0.4 is 9.47 Å². The van der Waals surface area contributed by atoms with Crippen molar-refractivity contribution >= 4 is 0 Å². The fraction of sp³-hybridized carbons (Fsp3) is 0.500. The minimum Gasteiger partial charge on any atom is -0.493 e. The van der Waals surface area contributed by atoms with Crippen LogP contribution in [0.15, 0.2) is 12.1 Å². The van der Waals surface area contributed by atoms with Crippen LogP contribution in [0.5, 0.6) is 11.5 Å². The highest BCUT2D eigenvalue weighted by atomic mass is 19.1. The van der Waals surface area contributed by atoms with Crippen LogP contribution in [0.3, 0.4) is 0 Å². The Morgan fingerprint density at radius 2 is 2.00 bits per heavy atom. The van der Waals surface area contributed by atoms with Gasteiger partial charge >= 0.3 is 0 Å². The molecule has 1 N–H and O–H groups in total. The van der Waals surface area contributed by atoms with E-state index < -0.39 is 6.67 Å². The molecule has 1 aromatic carbocycles. The first-order valence-corrected chi connectivity index (χ1v) is 5.17. The van der Waals surface area contributed by atoms with Gasteiger partial charge in [-0.2, -0.15) is 0 Å². The van der Waals surface area contributed by atoms with Crippen LogP contribution in [0.25, 0.3) is 0 Å². The number of aliphatic hydroxyl groups is 1. The Bertz CT molecular complexity index is 314. The second-order valence-electron chi connectivity index (χ2n) is 3.45. The molecule has 1 aromatic rings. The third-order valence-electron chi connectivity index (χ3n) is 2.38. The Hall–Kier alpha value is -1.29. The van der Waals surface area contributed by atoms with Crippen molar-refractivity contribution in [3.8, 4) is 11.5 Å². The molecule has 0 aliphatic heterocycles. The number of benzene rings is 1. The third-order valence-corrected chi connectivity index (χ3v) is 2.38. The molecule has 0 unspecified atom stereocenters. The molecular weight excluding hydrogens is 211 g/mol. The average Bonchev–Trinajstić information content (AvgIpc) is 2.34. The molecule has 0 atom stereocenters. The summed E-state index contributed by atoms with van der Waals surface area (Å²) in [5, 5.41) is 8.75. The summed E-state index contributed by atoms with van der Waals surface area (Å²) in [7, 11) is 3.01. The first kappa shape index (κ1) is 12.8. The van der Waals surface area contributed by atoms with Gasteiger partial charge in [-0.05, 0) is 30.5 Å². The lowest BCUT2D eigenvalue weighted by Gasteiger charge is -2.13. The number of hydrogen-bond acceptors (Lipinski definition) is 3. The molecule has 0 saturated carbocycles. The largest absolute Gasteiger partial charge is 0.493 e. The summed E-state index contributed by atoms with van der Waals surface area (Å²) in [6.07, 6.45) is 1.35. The van der Waals surface area contributed by atoms with Gasteiger partial charge in [0.2, 0.25) is 0 Å². The molecule has 0 aromatic heterocycles. The van der Waals surface area contributed by atoms with Gasteiger partial charge in [-0.3, -0.25) is 0 Å². The lowest BCUT2D eigenvalue weighted by atomic mass is 10.1. The second kappa shape index (κ2) is 6.33. The lowest BCUT2D eigenvalue weighted by molar-refractivity contribution is 0.288. The highest BCUT2D eigenvalue weighted by molar-refractivity contribution is 5.49. The predicted molar refractivity (Wildman–Crippen MR) is 59.8 cm³/mol. The summed E-state index contributed by atoms with van der Waals surface area (Å²) >= 11 is 0. The van der Waals surface area contributed by atoms with Crippen LogP contribution in [-0.2, 0) is 13.1 Å². The minimum absolute atomic E-state index is 0.124. The first-order chi connectivity index (χ1) is 7.76. The van der Waals surface area contributed by atoms with Gasteiger partial charge in [0.15, 0.2) is 11.5 Å². The highest BCUT2D eigenvalue weighted by Gasteiger charge is 2.11. The number of aryl methyl sites for hydroxylation is 1. The molecule has 0 aliphatic carbocycles. The lowest BCUT2D eigenvalue weighted by Crippen LogP contribution is -1.98. The van der Waals surface area contributed by atoms with E-state index in [-0.39, 0.29) is 6.61 Å². The summed E-state index contributed by atoms with van der Waals surface area (Å²) in [6, 6.07) is 3.56. The maximum atomic E-state index is 12.8. The molecule has 0 spiro atoms. The van der Waals surface area contributed by atoms with Crippen LogP contribution in [0.2, 0.25) is 0 Å². The zero-order valence-corrected chi connectivity index (χ0v) is 9.62. The van der Waals surface area contributed by atoms with E-state index in [1.165, 1.54) is 14.2 Å². The van der Waals surface area contributed by atoms with E-state index >= 15 is 0 Å². The first-order valence-electron chi connectivity index (χ1n) is 5.17. The van der Waals surface area contributed by atoms with Gasteiger partial charge in [-0.15, -0.1) is 0 Å². The molecule has 0 fully saturated rings. The summed E-state index contributed by atoms with van der Waals surface area (Å²) in [6.45, 7) is -0.466. The maximum Gasteiger partial charge on any atom is 0.166 e. The van der Waals surface area contributed by atoms with Gasteiger partial charge in [-0.1, -0.05) is 0 Å². The third kappa shape index (κ3) is 2.85. The Labute approximate surface area is 94.8 Å². The smallest absolute Gasteiger partial charge is 0.166 e. The fourth-order valence-corrected chi connectivity index (χ4v) is 1.63. The van der Waals surface area contributed by atoms with E-state index in [0.717, 1.165) is 5.56 Å². The molecule has 4 heteroatoms. The van der Waals surface area contributed by atoms with Crippen molar-refractivity contribution in [1.29, 1.82) is 0 Å². The van der Waals surface area contributed by atoms with Crippen LogP contribution in [0.1, 0.15) is 17.5 Å². The quantitative estimate of drug-likeness (QED) is 0.810. The molecule has 3 nitrogen and oxygen atoms in total. The number of hydrogen-bond donors (Lipinski definition) is 1. The van der Waals surface area contributed by atoms with Crippen molar-refractivity contribution in [2.75, 3.05) is 20.8 Å². The maximum absolute atomic E-state index is 12.8. The highest BCUT2D eigenvalue weighted by Crippen LogP contribution is 2.33. The van der Waals surface area contributed by atoms with E-state index in [4.69, 9.17) is 14.6 Å². The molecule has 0 bridgehead atoms. The minimum atomic E-state index is -0.591. The molecule has 0 amide bonds. The van der Waals surface area contributed by atoms with E-state index in [2.05, 4.69) is 0 Å². The van der Waals surface area contributed by atoms with Crippen LogP contribution in [0, 0.1) is 0 Å². The van der Waals surface area contributed by atoms with Crippen molar-refractivity contribution < 1.29 is 19.0 Å². The van der Waals surface area contributed by atoms with Crippen molar-refractivity contribution in [2.24, 2.45) is 0 Å². The van der Waals surface area contributed by atoms with Crippen LogP contribution >= 0.6 is 0 Å². The molecule has 16 heavy (non-hydrogen) atoms. The Morgan fingerprint density at radius 3 is 2.50 bits per heavy atom. The molecule has 0 saturated heterocycles. The van der Waals surface area contributed by atoms with Gasteiger partial charge in [0.1, 0.15) is 6.67 Å². The predicted octanol–water partition coefficient (Wildman–Crippen LogP) is 2.10. The fourth-order valence-electron chi connectivity index (χ4n) is 1.63. The van der Waals surface area contributed by atoms with Crippen molar-refractivity contribution in [3.05, 3.63) is 23.3 Å². The monoisotopic (exact) mass is 228 g/mol. The Kier molecular flexibility index (Phi) is 5.05. The number of ether oxygens (including phenoxy) is 2. The van der Waals surface area contributed by atoms with E-state index in [0.29, 0.717) is 29.9 Å². The molecule has 90 valence electrons. The topological polar surface area (TPSA) is 38.7 Å². The molecule has 1 rings (SSSR count). The normalized spacial score (nSPS) is 10.2. The van der Waals surface area contributed by atoms with Gasteiger partial charge in [0, 0.05) is 12.2 Å². The van der Waals surface area contributed by atoms with Crippen molar-refractivity contribution in [1.82, 2.24) is 0 Å². The molecule has 0 heterocycles. The summed E-state index contributed by atoms with van der Waals surface area (Å²) in [5.74, 6) is 0.975. The molecule has 0 aliphatic rings. The molecular formula is C12H17FO3. The van der Waals surface area contributed by atoms with E-state index in [9.17, 15) is 4.39 Å². The van der Waals surface area contributed by atoms with Gasteiger partial charge in [-0.25, -0.2) is 4.39 Å². The number of halogens is 1. The Balaban J connectivity index is 3.05. The van der Waals surface area contributed by atoms with Crippen molar-refractivity contribution in [3.63, 3.8) is 0 Å².